The summed E-state index contributed by atoms with van der Waals surface area (Å²) in [4.78, 5) is 28.4. The highest BCUT2D eigenvalue weighted by Crippen LogP contribution is 2.42. The number of amides is 2. The van der Waals surface area contributed by atoms with E-state index in [9.17, 15) is 9.59 Å². The summed E-state index contributed by atoms with van der Waals surface area (Å²) in [5, 5.41) is 0. The first-order valence-corrected chi connectivity index (χ1v) is 9.14. The van der Waals surface area contributed by atoms with E-state index in [4.69, 9.17) is 9.47 Å². The van der Waals surface area contributed by atoms with Gasteiger partial charge in [-0.3, -0.25) is 4.90 Å². The molecule has 1 atom stereocenters. The summed E-state index contributed by atoms with van der Waals surface area (Å²) < 4.78 is 10.6. The van der Waals surface area contributed by atoms with E-state index >= 15 is 0 Å². The van der Waals surface area contributed by atoms with Crippen LogP contribution in [0.15, 0.2) is 24.3 Å². The Hall–Kier alpha value is -2.24. The molecule has 2 aliphatic heterocycles. The molecule has 1 aromatic rings. The molecule has 1 fully saturated rings. The number of ether oxygens (including phenoxy) is 2. The molecule has 6 nitrogen and oxygen atoms in total. The fourth-order valence-corrected chi connectivity index (χ4v) is 4.04. The molecule has 0 aliphatic carbocycles. The largest absolute Gasteiger partial charge is 0.452 e. The lowest BCUT2D eigenvalue weighted by Crippen LogP contribution is -2.56. The van der Waals surface area contributed by atoms with Crippen molar-refractivity contribution >= 4 is 17.9 Å². The lowest BCUT2D eigenvalue weighted by molar-refractivity contribution is 0.00450. The topological polar surface area (TPSA) is 59.1 Å². The summed E-state index contributed by atoms with van der Waals surface area (Å²) in [6.45, 7) is 7.46. The van der Waals surface area contributed by atoms with Crippen molar-refractivity contribution in [2.45, 2.75) is 45.6 Å². The Kier molecular flexibility index (Phi) is 4.86. The van der Waals surface area contributed by atoms with Gasteiger partial charge in [0.25, 0.3) is 0 Å². The number of fused-ring (bicyclic) bond motifs is 1. The Labute approximate surface area is 155 Å². The number of anilines is 1. The summed E-state index contributed by atoms with van der Waals surface area (Å²) in [7, 11) is 1.40. The second-order valence-corrected chi connectivity index (χ2v) is 8.37. The summed E-state index contributed by atoms with van der Waals surface area (Å²) >= 11 is 0. The maximum Gasteiger partial charge on any atom is 0.414 e. The highest BCUT2D eigenvalue weighted by molar-refractivity contribution is 5.89. The number of methoxy groups -OCH3 is 1. The van der Waals surface area contributed by atoms with Crippen LogP contribution in [0.4, 0.5) is 15.3 Å². The number of carbonyl (C=O) groups is 2. The molecule has 26 heavy (non-hydrogen) atoms. The molecule has 1 spiro atoms. The zero-order valence-electron chi connectivity index (χ0n) is 16.1. The zero-order valence-corrected chi connectivity index (χ0v) is 16.1. The number of hydrogen-bond donors (Lipinski definition) is 0. The molecular formula is C20H28N2O4. The highest BCUT2D eigenvalue weighted by Gasteiger charge is 2.44. The van der Waals surface area contributed by atoms with E-state index in [1.165, 1.54) is 7.11 Å². The van der Waals surface area contributed by atoms with E-state index in [-0.39, 0.29) is 17.6 Å². The van der Waals surface area contributed by atoms with Crippen LogP contribution in [0.2, 0.25) is 0 Å². The van der Waals surface area contributed by atoms with Crippen molar-refractivity contribution < 1.29 is 19.1 Å². The molecule has 1 unspecified atom stereocenters. The van der Waals surface area contributed by atoms with Crippen LogP contribution in [0.25, 0.3) is 0 Å². The fourth-order valence-electron chi connectivity index (χ4n) is 4.04. The first-order valence-electron chi connectivity index (χ1n) is 9.14. The van der Waals surface area contributed by atoms with Gasteiger partial charge in [-0.25, -0.2) is 9.59 Å². The van der Waals surface area contributed by atoms with Crippen molar-refractivity contribution in [1.29, 1.82) is 0 Å². The van der Waals surface area contributed by atoms with Gasteiger partial charge in [-0.1, -0.05) is 18.2 Å². The molecule has 0 N–H and O–H groups in total. The molecule has 2 amide bonds. The molecule has 0 saturated carbocycles. The van der Waals surface area contributed by atoms with Crippen molar-refractivity contribution in [3.63, 3.8) is 0 Å². The molecule has 1 aromatic carbocycles. The van der Waals surface area contributed by atoms with Crippen LogP contribution < -0.4 is 4.90 Å². The molecule has 0 bridgehead atoms. The normalized spacial score (nSPS) is 22.8. The molecule has 0 radical (unpaired) electrons. The van der Waals surface area contributed by atoms with Gasteiger partial charge in [0.05, 0.1) is 12.8 Å². The van der Waals surface area contributed by atoms with Gasteiger partial charge in [-0.15, -0.1) is 0 Å². The number of hydrogen-bond acceptors (Lipinski definition) is 4. The van der Waals surface area contributed by atoms with E-state index < -0.39 is 5.60 Å². The average molecular weight is 360 g/mol. The van der Waals surface area contributed by atoms with Crippen molar-refractivity contribution in [1.82, 2.24) is 4.90 Å². The minimum atomic E-state index is -0.515. The Morgan fingerprint density at radius 2 is 1.85 bits per heavy atom. The van der Waals surface area contributed by atoms with Crippen LogP contribution in [0, 0.1) is 5.41 Å². The van der Waals surface area contributed by atoms with Crippen LogP contribution in [0.1, 0.15) is 39.2 Å². The Bertz CT molecular complexity index is 697. The monoisotopic (exact) mass is 360 g/mol. The predicted octanol–water partition coefficient (Wildman–Crippen LogP) is 3.83. The Balaban J connectivity index is 1.85. The lowest BCUT2D eigenvalue weighted by atomic mass is 9.72. The Morgan fingerprint density at radius 1 is 1.12 bits per heavy atom. The summed E-state index contributed by atoms with van der Waals surface area (Å²) in [6, 6.07) is 7.93. The van der Waals surface area contributed by atoms with Crippen molar-refractivity contribution in [3.8, 4) is 0 Å². The molecule has 1 saturated heterocycles. The average Bonchev–Trinajstić information content (AvgIpc) is 2.59. The van der Waals surface area contributed by atoms with Gasteiger partial charge < -0.3 is 14.4 Å². The van der Waals surface area contributed by atoms with Gasteiger partial charge >= 0.3 is 12.2 Å². The van der Waals surface area contributed by atoms with E-state index in [0.717, 1.165) is 30.5 Å². The van der Waals surface area contributed by atoms with Crippen molar-refractivity contribution in [2.24, 2.45) is 5.41 Å². The van der Waals surface area contributed by atoms with Crippen LogP contribution in [-0.4, -0.2) is 49.4 Å². The van der Waals surface area contributed by atoms with E-state index in [0.29, 0.717) is 19.6 Å². The van der Waals surface area contributed by atoms with Gasteiger partial charge in [-0.2, -0.15) is 0 Å². The third kappa shape index (κ3) is 3.79. The van der Waals surface area contributed by atoms with Gasteiger partial charge in [0.2, 0.25) is 0 Å². The Morgan fingerprint density at radius 3 is 2.54 bits per heavy atom. The first kappa shape index (κ1) is 18.5. The molecular weight excluding hydrogens is 332 g/mol. The molecule has 142 valence electrons. The maximum atomic E-state index is 12.6. The number of para-hydroxylation sites is 1. The predicted molar refractivity (Wildman–Crippen MR) is 99.4 cm³/mol. The molecule has 0 aromatic heterocycles. The standard InChI is InChI=1S/C20H28N2O4/c1-19(2,3)26-17(23)21-11-7-10-20(13-21)12-15-8-5-6-9-16(15)22(14-20)18(24)25-4/h5-6,8-9H,7,10-14H2,1-4H3. The van der Waals surface area contributed by atoms with Crippen molar-refractivity contribution in [3.05, 3.63) is 29.8 Å². The summed E-state index contributed by atoms with van der Waals surface area (Å²) in [5.74, 6) is 0. The second-order valence-electron chi connectivity index (χ2n) is 8.37. The molecule has 2 heterocycles. The summed E-state index contributed by atoms with van der Waals surface area (Å²) in [6.07, 6.45) is 2.08. The third-order valence-electron chi connectivity index (χ3n) is 5.05. The number of likely N-dealkylation sites (tertiary alicyclic amines) is 1. The van der Waals surface area contributed by atoms with Crippen LogP contribution in [-0.2, 0) is 15.9 Å². The van der Waals surface area contributed by atoms with Gasteiger partial charge in [0.1, 0.15) is 5.60 Å². The number of rotatable bonds is 0. The molecule has 2 aliphatic rings. The lowest BCUT2D eigenvalue weighted by Gasteiger charge is -2.48. The minimum Gasteiger partial charge on any atom is -0.452 e. The quantitative estimate of drug-likeness (QED) is 0.705. The number of nitrogens with zero attached hydrogens (tertiary/aromatic N) is 2. The number of carbonyl (C=O) groups excluding carboxylic acids is 2. The number of piperidine rings is 1. The van der Waals surface area contributed by atoms with Gasteiger partial charge in [-0.05, 0) is 51.7 Å². The molecule has 3 rings (SSSR count). The smallest absolute Gasteiger partial charge is 0.414 e. The minimum absolute atomic E-state index is 0.169. The van der Waals surface area contributed by atoms with E-state index in [1.807, 2.05) is 39.0 Å². The third-order valence-corrected chi connectivity index (χ3v) is 5.05. The van der Waals surface area contributed by atoms with Gasteiger partial charge in [0, 0.05) is 25.0 Å². The van der Waals surface area contributed by atoms with E-state index in [2.05, 4.69) is 6.07 Å². The molecule has 6 heteroatoms. The van der Waals surface area contributed by atoms with Crippen LogP contribution in [0.3, 0.4) is 0 Å². The second kappa shape index (κ2) is 6.82. The van der Waals surface area contributed by atoms with Crippen LogP contribution in [0.5, 0.6) is 0 Å². The number of benzene rings is 1. The van der Waals surface area contributed by atoms with Gasteiger partial charge in [0.15, 0.2) is 0 Å². The van der Waals surface area contributed by atoms with E-state index in [1.54, 1.807) is 9.80 Å². The summed E-state index contributed by atoms with van der Waals surface area (Å²) in [5.41, 5.74) is 1.34. The maximum absolute atomic E-state index is 12.6. The SMILES string of the molecule is COC(=O)N1CC2(CCCN(C(=O)OC(C)(C)C)C2)Cc2ccccc21. The van der Waals surface area contributed by atoms with Crippen LogP contribution >= 0.6 is 0 Å². The van der Waals surface area contributed by atoms with Crippen molar-refractivity contribution in [2.75, 3.05) is 31.6 Å². The highest BCUT2D eigenvalue weighted by atomic mass is 16.6. The fraction of sp³-hybridized carbons (Fsp3) is 0.600. The zero-order chi connectivity index (χ0) is 18.9. The first-order chi connectivity index (χ1) is 12.2.